The summed E-state index contributed by atoms with van der Waals surface area (Å²) in [6.07, 6.45) is 0.121. The highest BCUT2D eigenvalue weighted by Gasteiger charge is 2.35. The number of nitriles is 1. The Bertz CT molecular complexity index is 421. The van der Waals surface area contributed by atoms with Crippen LogP contribution in [0, 0.1) is 17.2 Å². The molecule has 0 radical (unpaired) electrons. The average Bonchev–Trinajstić information content (AvgIpc) is 2.61. The number of rotatable bonds is 1. The van der Waals surface area contributed by atoms with Gasteiger partial charge in [0.2, 0.25) is 0 Å². The Morgan fingerprint density at radius 3 is 2.60 bits per heavy atom. The van der Waals surface area contributed by atoms with Gasteiger partial charge < -0.3 is 4.74 Å². The van der Waals surface area contributed by atoms with Gasteiger partial charge in [-0.2, -0.15) is 5.26 Å². The number of ether oxygens (including phenoxy) is 1. The van der Waals surface area contributed by atoms with Gasteiger partial charge in [0, 0.05) is 11.4 Å². The highest BCUT2D eigenvalue weighted by atomic mass is 35.5. The van der Waals surface area contributed by atoms with Crippen molar-refractivity contribution in [3.63, 3.8) is 0 Å². The fourth-order valence-electron chi connectivity index (χ4n) is 1.57. The number of esters is 1. The minimum atomic E-state index is -0.634. The van der Waals surface area contributed by atoms with Crippen molar-refractivity contribution in [3.8, 4) is 6.07 Å². The van der Waals surface area contributed by atoms with Crippen LogP contribution in [0.3, 0.4) is 0 Å². The molecule has 76 valence electrons. The highest BCUT2D eigenvalue weighted by Crippen LogP contribution is 2.33. The Hall–Kier alpha value is -1.53. The number of halogens is 1. The zero-order valence-corrected chi connectivity index (χ0v) is 8.57. The molecule has 0 aliphatic carbocycles. The van der Waals surface area contributed by atoms with Crippen molar-refractivity contribution < 1.29 is 9.53 Å². The molecular weight excluding hydrogens is 214 g/mol. The molecule has 2 rings (SSSR count). The van der Waals surface area contributed by atoms with Gasteiger partial charge in [-0.05, 0) is 17.7 Å². The number of hydrogen-bond donors (Lipinski definition) is 0. The molecule has 1 saturated heterocycles. The summed E-state index contributed by atoms with van der Waals surface area (Å²) in [6, 6.07) is 9.02. The van der Waals surface area contributed by atoms with E-state index in [0.29, 0.717) is 11.4 Å². The molecule has 1 aromatic rings. The SMILES string of the molecule is N#CC1CC(c2ccc(Cl)cc2)OC1=O. The summed E-state index contributed by atoms with van der Waals surface area (Å²) in [6.45, 7) is 0. The molecule has 0 aromatic heterocycles. The lowest BCUT2D eigenvalue weighted by Crippen LogP contribution is -2.03. The molecule has 0 amide bonds. The van der Waals surface area contributed by atoms with Crippen molar-refractivity contribution >= 4 is 17.6 Å². The number of carbonyl (C=O) groups is 1. The first-order valence-electron chi connectivity index (χ1n) is 4.56. The molecule has 0 bridgehead atoms. The molecule has 4 heteroatoms. The van der Waals surface area contributed by atoms with Crippen LogP contribution in [0.4, 0.5) is 0 Å². The Morgan fingerprint density at radius 1 is 1.40 bits per heavy atom. The van der Waals surface area contributed by atoms with Crippen molar-refractivity contribution in [3.05, 3.63) is 34.9 Å². The van der Waals surface area contributed by atoms with Crippen molar-refractivity contribution in [1.82, 2.24) is 0 Å². The first-order chi connectivity index (χ1) is 7.20. The number of cyclic esters (lactones) is 1. The van der Waals surface area contributed by atoms with E-state index in [0.717, 1.165) is 5.56 Å². The van der Waals surface area contributed by atoms with E-state index in [1.165, 1.54) is 0 Å². The summed E-state index contributed by atoms with van der Waals surface area (Å²) in [5, 5.41) is 9.31. The van der Waals surface area contributed by atoms with Crippen LogP contribution in [0.1, 0.15) is 18.1 Å². The summed E-state index contributed by atoms with van der Waals surface area (Å²) >= 11 is 5.74. The lowest BCUT2D eigenvalue weighted by atomic mass is 10.0. The minimum Gasteiger partial charge on any atom is -0.456 e. The van der Waals surface area contributed by atoms with Gasteiger partial charge in [-0.1, -0.05) is 23.7 Å². The van der Waals surface area contributed by atoms with Gasteiger partial charge in [-0.25, -0.2) is 0 Å². The van der Waals surface area contributed by atoms with Crippen LogP contribution in [-0.4, -0.2) is 5.97 Å². The van der Waals surface area contributed by atoms with Crippen molar-refractivity contribution in [2.75, 3.05) is 0 Å². The topological polar surface area (TPSA) is 50.1 Å². The predicted molar refractivity (Wildman–Crippen MR) is 54.0 cm³/mol. The van der Waals surface area contributed by atoms with Gasteiger partial charge in [0.15, 0.2) is 0 Å². The van der Waals surface area contributed by atoms with Crippen LogP contribution in [0.2, 0.25) is 5.02 Å². The van der Waals surface area contributed by atoms with Crippen LogP contribution in [0.25, 0.3) is 0 Å². The molecule has 0 saturated carbocycles. The molecule has 1 aromatic carbocycles. The molecule has 2 atom stereocenters. The minimum absolute atomic E-state index is 0.306. The second kappa shape index (κ2) is 3.92. The van der Waals surface area contributed by atoms with Crippen molar-refractivity contribution in [1.29, 1.82) is 5.26 Å². The fourth-order valence-corrected chi connectivity index (χ4v) is 1.69. The number of nitrogens with zero attached hydrogens (tertiary/aromatic N) is 1. The van der Waals surface area contributed by atoms with Crippen LogP contribution in [-0.2, 0) is 9.53 Å². The van der Waals surface area contributed by atoms with Crippen LogP contribution in [0.15, 0.2) is 24.3 Å². The van der Waals surface area contributed by atoms with Crippen LogP contribution in [0.5, 0.6) is 0 Å². The molecule has 2 unspecified atom stereocenters. The van der Waals surface area contributed by atoms with E-state index in [-0.39, 0.29) is 6.10 Å². The van der Waals surface area contributed by atoms with Gasteiger partial charge in [-0.15, -0.1) is 0 Å². The molecular formula is C11H8ClNO2. The molecule has 1 aliphatic heterocycles. The maximum Gasteiger partial charge on any atom is 0.324 e. The van der Waals surface area contributed by atoms with E-state index in [9.17, 15) is 4.79 Å². The lowest BCUT2D eigenvalue weighted by molar-refractivity contribution is -0.143. The smallest absolute Gasteiger partial charge is 0.324 e. The van der Waals surface area contributed by atoms with E-state index in [4.69, 9.17) is 21.6 Å². The van der Waals surface area contributed by atoms with Crippen molar-refractivity contribution in [2.24, 2.45) is 5.92 Å². The first-order valence-corrected chi connectivity index (χ1v) is 4.94. The Morgan fingerprint density at radius 2 is 2.07 bits per heavy atom. The van der Waals surface area contributed by atoms with E-state index in [1.807, 2.05) is 6.07 Å². The molecule has 0 spiro atoms. The fraction of sp³-hybridized carbons (Fsp3) is 0.273. The number of carbonyl (C=O) groups excluding carboxylic acids is 1. The van der Waals surface area contributed by atoms with Crippen LogP contribution >= 0.6 is 11.6 Å². The third-order valence-electron chi connectivity index (χ3n) is 2.39. The summed E-state index contributed by atoms with van der Waals surface area (Å²) in [7, 11) is 0. The molecule has 15 heavy (non-hydrogen) atoms. The third kappa shape index (κ3) is 1.95. The molecule has 3 nitrogen and oxygen atoms in total. The van der Waals surface area contributed by atoms with Gasteiger partial charge in [-0.3, -0.25) is 4.79 Å². The quantitative estimate of drug-likeness (QED) is 0.685. The largest absolute Gasteiger partial charge is 0.456 e. The van der Waals surface area contributed by atoms with Crippen LogP contribution < -0.4 is 0 Å². The second-order valence-electron chi connectivity index (χ2n) is 3.39. The molecule has 1 heterocycles. The third-order valence-corrected chi connectivity index (χ3v) is 2.64. The lowest BCUT2D eigenvalue weighted by Gasteiger charge is -2.08. The van der Waals surface area contributed by atoms with Gasteiger partial charge in [0.1, 0.15) is 12.0 Å². The standard InChI is InChI=1S/C11H8ClNO2/c12-9-3-1-7(2-4-9)10-5-8(6-13)11(14)15-10/h1-4,8,10H,5H2. The predicted octanol–water partition coefficient (Wildman–Crippen LogP) is 2.47. The number of hydrogen-bond acceptors (Lipinski definition) is 3. The summed E-state index contributed by atoms with van der Waals surface area (Å²) in [4.78, 5) is 11.2. The zero-order chi connectivity index (χ0) is 10.8. The van der Waals surface area contributed by atoms with E-state index >= 15 is 0 Å². The maximum absolute atomic E-state index is 11.2. The maximum atomic E-state index is 11.2. The normalized spacial score (nSPS) is 24.7. The first kappa shape index (κ1) is 10.0. The summed E-state index contributed by atoms with van der Waals surface area (Å²) in [5.74, 6) is -1.07. The summed E-state index contributed by atoms with van der Waals surface area (Å²) < 4.78 is 5.09. The van der Waals surface area contributed by atoms with Gasteiger partial charge in [0.25, 0.3) is 0 Å². The Kier molecular flexibility index (Phi) is 2.61. The van der Waals surface area contributed by atoms with E-state index in [1.54, 1.807) is 24.3 Å². The second-order valence-corrected chi connectivity index (χ2v) is 3.83. The Balaban J connectivity index is 2.18. The van der Waals surface area contributed by atoms with Gasteiger partial charge in [0.05, 0.1) is 6.07 Å². The average molecular weight is 222 g/mol. The van der Waals surface area contributed by atoms with E-state index < -0.39 is 11.9 Å². The highest BCUT2D eigenvalue weighted by molar-refractivity contribution is 6.30. The molecule has 1 aliphatic rings. The summed E-state index contributed by atoms with van der Waals surface area (Å²) in [5.41, 5.74) is 0.880. The van der Waals surface area contributed by atoms with E-state index in [2.05, 4.69) is 0 Å². The number of benzene rings is 1. The molecule has 0 N–H and O–H groups in total. The monoisotopic (exact) mass is 221 g/mol. The zero-order valence-electron chi connectivity index (χ0n) is 7.81. The Labute approximate surface area is 92.2 Å². The van der Waals surface area contributed by atoms with Crippen molar-refractivity contribution in [2.45, 2.75) is 12.5 Å². The van der Waals surface area contributed by atoms with Gasteiger partial charge >= 0.3 is 5.97 Å². The molecule has 1 fully saturated rings.